The van der Waals surface area contributed by atoms with E-state index in [1.54, 1.807) is 0 Å². The molecule has 1 heterocycles. The Morgan fingerprint density at radius 1 is 1.08 bits per heavy atom. The van der Waals surface area contributed by atoms with Crippen LogP contribution in [0, 0.1) is 11.8 Å². The molecule has 7 unspecified atom stereocenters. The van der Waals surface area contributed by atoms with Crippen LogP contribution in [0.5, 0.6) is 0 Å². The SMILES string of the molecule is CCCC1CC(C=O)=C(C2OC(CO)C(O)C(O)C2O)CC1CC. The van der Waals surface area contributed by atoms with Crippen LogP contribution in [0.4, 0.5) is 0 Å². The highest BCUT2D eigenvalue weighted by atomic mass is 16.5. The second-order valence-corrected chi connectivity index (χ2v) is 7.04. The molecule has 0 bridgehead atoms. The van der Waals surface area contributed by atoms with Gasteiger partial charge in [0.25, 0.3) is 0 Å². The van der Waals surface area contributed by atoms with Crippen molar-refractivity contribution in [1.82, 2.24) is 0 Å². The van der Waals surface area contributed by atoms with E-state index in [4.69, 9.17) is 4.74 Å². The van der Waals surface area contributed by atoms with Crippen LogP contribution >= 0.6 is 0 Å². The predicted octanol–water partition coefficient (Wildman–Crippen LogP) is 0.561. The summed E-state index contributed by atoms with van der Waals surface area (Å²) in [5, 5.41) is 39.6. The number of aliphatic hydroxyl groups is 4. The van der Waals surface area contributed by atoms with Gasteiger partial charge >= 0.3 is 0 Å². The summed E-state index contributed by atoms with van der Waals surface area (Å²) in [6.07, 6.45) is -0.705. The number of aliphatic hydroxyl groups excluding tert-OH is 4. The van der Waals surface area contributed by atoms with Crippen molar-refractivity contribution >= 4 is 6.29 Å². The first-order chi connectivity index (χ1) is 11.5. The lowest BCUT2D eigenvalue weighted by molar-refractivity contribution is -0.220. The molecule has 0 spiro atoms. The maximum atomic E-state index is 11.6. The Hall–Kier alpha value is -0.790. The van der Waals surface area contributed by atoms with Gasteiger partial charge in [0.1, 0.15) is 36.8 Å². The molecule has 2 rings (SSSR count). The van der Waals surface area contributed by atoms with E-state index in [2.05, 4.69) is 13.8 Å². The molecule has 6 nitrogen and oxygen atoms in total. The van der Waals surface area contributed by atoms with Crippen LogP contribution < -0.4 is 0 Å². The monoisotopic (exact) mass is 342 g/mol. The van der Waals surface area contributed by atoms with Gasteiger partial charge in [-0.05, 0) is 35.8 Å². The molecule has 1 saturated heterocycles. The molecule has 1 fully saturated rings. The maximum Gasteiger partial charge on any atom is 0.146 e. The minimum absolute atomic E-state index is 0.399. The van der Waals surface area contributed by atoms with E-state index in [0.717, 1.165) is 25.5 Å². The van der Waals surface area contributed by atoms with E-state index >= 15 is 0 Å². The highest BCUT2D eigenvalue weighted by molar-refractivity contribution is 5.75. The van der Waals surface area contributed by atoms with Gasteiger partial charge in [-0.3, -0.25) is 4.79 Å². The maximum absolute atomic E-state index is 11.6. The molecule has 0 saturated carbocycles. The second-order valence-electron chi connectivity index (χ2n) is 7.04. The molecule has 7 atom stereocenters. The molecule has 0 aromatic rings. The predicted molar refractivity (Wildman–Crippen MR) is 88.3 cm³/mol. The number of aldehydes is 1. The van der Waals surface area contributed by atoms with Crippen LogP contribution in [0.3, 0.4) is 0 Å². The smallest absolute Gasteiger partial charge is 0.146 e. The van der Waals surface area contributed by atoms with Gasteiger partial charge in [0, 0.05) is 0 Å². The fraction of sp³-hybridized carbons (Fsp3) is 0.833. The van der Waals surface area contributed by atoms with Crippen LogP contribution in [0.15, 0.2) is 11.1 Å². The number of carbonyl (C=O) groups is 1. The van der Waals surface area contributed by atoms with Crippen molar-refractivity contribution in [2.75, 3.05) is 6.61 Å². The van der Waals surface area contributed by atoms with Gasteiger partial charge in [0.05, 0.1) is 6.61 Å². The van der Waals surface area contributed by atoms with Crippen LogP contribution in [0.25, 0.3) is 0 Å². The summed E-state index contributed by atoms with van der Waals surface area (Å²) >= 11 is 0. The van der Waals surface area contributed by atoms with Crippen molar-refractivity contribution in [2.45, 2.75) is 76.5 Å². The van der Waals surface area contributed by atoms with Crippen molar-refractivity contribution in [2.24, 2.45) is 11.8 Å². The van der Waals surface area contributed by atoms with Crippen LogP contribution in [0.2, 0.25) is 0 Å². The van der Waals surface area contributed by atoms with Crippen LogP contribution in [0.1, 0.15) is 46.0 Å². The zero-order valence-electron chi connectivity index (χ0n) is 14.5. The summed E-state index contributed by atoms with van der Waals surface area (Å²) in [4.78, 5) is 11.6. The Balaban J connectivity index is 2.31. The molecular weight excluding hydrogens is 312 g/mol. The molecule has 0 aromatic carbocycles. The molecule has 0 radical (unpaired) electrons. The van der Waals surface area contributed by atoms with E-state index < -0.39 is 37.1 Å². The first-order valence-electron chi connectivity index (χ1n) is 8.95. The van der Waals surface area contributed by atoms with Crippen LogP contribution in [-0.4, -0.2) is 63.8 Å². The highest BCUT2D eigenvalue weighted by Crippen LogP contribution is 2.41. The van der Waals surface area contributed by atoms with Gasteiger partial charge in [-0.25, -0.2) is 0 Å². The molecule has 1 aliphatic heterocycles. The third-order valence-corrected chi connectivity index (χ3v) is 5.61. The van der Waals surface area contributed by atoms with E-state index in [-0.39, 0.29) is 0 Å². The van der Waals surface area contributed by atoms with E-state index in [1.165, 1.54) is 0 Å². The topological polar surface area (TPSA) is 107 Å². The summed E-state index contributed by atoms with van der Waals surface area (Å²) in [6, 6.07) is 0. The fourth-order valence-corrected chi connectivity index (χ4v) is 4.16. The summed E-state index contributed by atoms with van der Waals surface area (Å²) in [6.45, 7) is 3.79. The Morgan fingerprint density at radius 2 is 1.79 bits per heavy atom. The first kappa shape index (κ1) is 19.5. The van der Waals surface area contributed by atoms with Gasteiger partial charge in [-0.15, -0.1) is 0 Å². The zero-order chi connectivity index (χ0) is 17.9. The molecule has 6 heteroatoms. The lowest BCUT2D eigenvalue weighted by atomic mass is 9.70. The highest BCUT2D eigenvalue weighted by Gasteiger charge is 2.46. The Labute approximate surface area is 143 Å². The summed E-state index contributed by atoms with van der Waals surface area (Å²) in [5.41, 5.74) is 1.34. The molecule has 0 aromatic heterocycles. The number of carbonyl (C=O) groups excluding carboxylic acids is 1. The molecule has 4 N–H and O–H groups in total. The van der Waals surface area contributed by atoms with Crippen molar-refractivity contribution < 1.29 is 30.0 Å². The number of allylic oxidation sites excluding steroid dienone is 1. The van der Waals surface area contributed by atoms with Gasteiger partial charge < -0.3 is 25.2 Å². The van der Waals surface area contributed by atoms with Crippen molar-refractivity contribution in [1.29, 1.82) is 0 Å². The Bertz CT molecular complexity index is 460. The van der Waals surface area contributed by atoms with Gasteiger partial charge in [-0.2, -0.15) is 0 Å². The summed E-state index contributed by atoms with van der Waals surface area (Å²) < 4.78 is 5.66. The van der Waals surface area contributed by atoms with Crippen molar-refractivity contribution in [3.8, 4) is 0 Å². The van der Waals surface area contributed by atoms with E-state index in [9.17, 15) is 25.2 Å². The number of hydrogen-bond acceptors (Lipinski definition) is 6. The van der Waals surface area contributed by atoms with Gasteiger partial charge in [0.2, 0.25) is 0 Å². The molecule has 138 valence electrons. The minimum Gasteiger partial charge on any atom is -0.394 e. The quantitative estimate of drug-likeness (QED) is 0.526. The standard InChI is InChI=1S/C18H30O6/c1-3-5-11-6-12(8-19)13(7-10(11)4-2)18-17(23)16(22)15(21)14(9-20)24-18/h8,10-11,14-18,20-23H,3-7,9H2,1-2H3. The Kier molecular flexibility index (Phi) is 6.95. The minimum atomic E-state index is -1.41. The third-order valence-electron chi connectivity index (χ3n) is 5.61. The largest absolute Gasteiger partial charge is 0.394 e. The normalized spacial score (nSPS) is 40.7. The van der Waals surface area contributed by atoms with E-state index in [1.807, 2.05) is 0 Å². The first-order valence-corrected chi connectivity index (χ1v) is 8.95. The average molecular weight is 342 g/mol. The van der Waals surface area contributed by atoms with Gasteiger partial charge in [-0.1, -0.05) is 33.1 Å². The zero-order valence-corrected chi connectivity index (χ0v) is 14.5. The number of rotatable bonds is 6. The van der Waals surface area contributed by atoms with Crippen molar-refractivity contribution in [3.05, 3.63) is 11.1 Å². The Morgan fingerprint density at radius 3 is 2.33 bits per heavy atom. The molecule has 1 aliphatic carbocycles. The fourth-order valence-electron chi connectivity index (χ4n) is 4.16. The van der Waals surface area contributed by atoms with E-state index in [0.29, 0.717) is 35.8 Å². The van der Waals surface area contributed by atoms with Crippen molar-refractivity contribution in [3.63, 3.8) is 0 Å². The molecule has 2 aliphatic rings. The number of ether oxygens (including phenoxy) is 1. The number of hydrogen-bond donors (Lipinski definition) is 4. The molecule has 24 heavy (non-hydrogen) atoms. The lowest BCUT2D eigenvalue weighted by Crippen LogP contribution is -2.59. The average Bonchev–Trinajstić information content (AvgIpc) is 2.60. The lowest BCUT2D eigenvalue weighted by Gasteiger charge is -2.44. The summed E-state index contributed by atoms with van der Waals surface area (Å²) in [5.74, 6) is 0.838. The second kappa shape index (κ2) is 8.54. The van der Waals surface area contributed by atoms with Gasteiger partial charge in [0.15, 0.2) is 0 Å². The third kappa shape index (κ3) is 3.73. The van der Waals surface area contributed by atoms with Crippen LogP contribution in [-0.2, 0) is 9.53 Å². The molecule has 0 amide bonds. The summed E-state index contributed by atoms with van der Waals surface area (Å²) in [7, 11) is 0. The molecular formula is C18H30O6.